The first-order valence-corrected chi connectivity index (χ1v) is 5.74. The number of imidazole rings is 1. The Morgan fingerprint density at radius 3 is 2.94 bits per heavy atom. The second-order valence-electron chi connectivity index (χ2n) is 3.94. The molecule has 5 heteroatoms. The third kappa shape index (κ3) is 2.51. The van der Waals surface area contributed by atoms with E-state index in [2.05, 4.69) is 15.3 Å². The Labute approximate surface area is 105 Å². The molecule has 0 spiro atoms. The van der Waals surface area contributed by atoms with E-state index in [9.17, 15) is 4.39 Å². The van der Waals surface area contributed by atoms with Crippen LogP contribution >= 0.6 is 0 Å². The van der Waals surface area contributed by atoms with E-state index in [1.807, 2.05) is 0 Å². The van der Waals surface area contributed by atoms with E-state index in [-0.39, 0.29) is 11.9 Å². The van der Waals surface area contributed by atoms with Crippen molar-refractivity contribution in [2.24, 2.45) is 0 Å². The molecule has 1 aromatic carbocycles. The molecule has 4 nitrogen and oxygen atoms in total. The number of likely N-dealkylation sites (N-methyl/N-ethyl adjacent to an activating group) is 1. The number of nitrogens with one attached hydrogen (secondary N) is 2. The van der Waals surface area contributed by atoms with Crippen LogP contribution in [-0.2, 0) is 6.42 Å². The highest BCUT2D eigenvalue weighted by Gasteiger charge is 2.20. The first kappa shape index (κ1) is 12.6. The molecule has 18 heavy (non-hydrogen) atoms. The Hall–Kier alpha value is -1.88. The van der Waals surface area contributed by atoms with Crippen LogP contribution in [0.5, 0.6) is 5.75 Å². The Morgan fingerprint density at radius 1 is 1.50 bits per heavy atom. The fraction of sp³-hybridized carbons (Fsp3) is 0.308. The standard InChI is InChI=1S/C13H16FN3O/c1-15-10(8-12-16-6-7-17-12)13-9(14)4-3-5-11(13)18-2/h3-7,10,15H,8H2,1-2H3,(H,16,17). The number of methoxy groups -OCH3 is 1. The first-order valence-electron chi connectivity index (χ1n) is 5.74. The van der Waals surface area contributed by atoms with Gasteiger partial charge in [0.15, 0.2) is 0 Å². The Morgan fingerprint density at radius 2 is 2.33 bits per heavy atom. The molecule has 0 aliphatic rings. The van der Waals surface area contributed by atoms with Crippen molar-refractivity contribution in [2.45, 2.75) is 12.5 Å². The van der Waals surface area contributed by atoms with Gasteiger partial charge in [0.05, 0.1) is 7.11 Å². The molecule has 0 aliphatic carbocycles. The van der Waals surface area contributed by atoms with Gasteiger partial charge in [-0.05, 0) is 19.2 Å². The molecule has 2 aromatic rings. The Balaban J connectivity index is 2.32. The lowest BCUT2D eigenvalue weighted by Crippen LogP contribution is -2.21. The second kappa shape index (κ2) is 5.64. The highest BCUT2D eigenvalue weighted by Crippen LogP contribution is 2.29. The third-order valence-electron chi connectivity index (χ3n) is 2.88. The van der Waals surface area contributed by atoms with Gasteiger partial charge in [-0.1, -0.05) is 6.07 Å². The number of ether oxygens (including phenoxy) is 1. The molecular weight excluding hydrogens is 233 g/mol. The van der Waals surface area contributed by atoms with E-state index in [1.54, 1.807) is 31.6 Å². The summed E-state index contributed by atoms with van der Waals surface area (Å²) in [6, 6.07) is 4.64. The number of H-pyrrole nitrogens is 1. The van der Waals surface area contributed by atoms with Gasteiger partial charge in [-0.25, -0.2) is 9.37 Å². The summed E-state index contributed by atoms with van der Waals surface area (Å²) in [5, 5.41) is 3.09. The molecule has 1 aromatic heterocycles. The van der Waals surface area contributed by atoms with Crippen LogP contribution in [0.4, 0.5) is 4.39 Å². The Bertz CT molecular complexity index is 499. The molecule has 0 radical (unpaired) electrons. The van der Waals surface area contributed by atoms with E-state index in [0.717, 1.165) is 5.82 Å². The van der Waals surface area contributed by atoms with Gasteiger partial charge < -0.3 is 15.0 Å². The number of hydrogen-bond acceptors (Lipinski definition) is 3. The van der Waals surface area contributed by atoms with Crippen molar-refractivity contribution in [3.8, 4) is 5.75 Å². The fourth-order valence-electron chi connectivity index (χ4n) is 1.98. The van der Waals surface area contributed by atoms with Crippen LogP contribution in [-0.4, -0.2) is 24.1 Å². The zero-order valence-electron chi connectivity index (χ0n) is 10.4. The van der Waals surface area contributed by atoms with Crippen LogP contribution in [0.1, 0.15) is 17.4 Å². The minimum atomic E-state index is -0.278. The van der Waals surface area contributed by atoms with E-state index >= 15 is 0 Å². The van der Waals surface area contributed by atoms with Gasteiger partial charge in [-0.3, -0.25) is 0 Å². The van der Waals surface area contributed by atoms with E-state index in [0.29, 0.717) is 17.7 Å². The van der Waals surface area contributed by atoms with Crippen molar-refractivity contribution >= 4 is 0 Å². The Kier molecular flexibility index (Phi) is 3.94. The lowest BCUT2D eigenvalue weighted by Gasteiger charge is -2.19. The van der Waals surface area contributed by atoms with Crippen LogP contribution in [0, 0.1) is 5.82 Å². The van der Waals surface area contributed by atoms with Crippen LogP contribution in [0.2, 0.25) is 0 Å². The summed E-state index contributed by atoms with van der Waals surface area (Å²) in [6.07, 6.45) is 4.00. The monoisotopic (exact) mass is 249 g/mol. The molecule has 96 valence electrons. The molecule has 0 saturated heterocycles. The van der Waals surface area contributed by atoms with Crippen molar-refractivity contribution in [1.82, 2.24) is 15.3 Å². The molecule has 2 N–H and O–H groups in total. The third-order valence-corrected chi connectivity index (χ3v) is 2.88. The second-order valence-corrected chi connectivity index (χ2v) is 3.94. The highest BCUT2D eigenvalue weighted by atomic mass is 19.1. The summed E-state index contributed by atoms with van der Waals surface area (Å²) in [4.78, 5) is 7.17. The number of aromatic amines is 1. The summed E-state index contributed by atoms with van der Waals surface area (Å²) in [5.74, 6) is 1.07. The van der Waals surface area contributed by atoms with Gasteiger partial charge in [0.1, 0.15) is 17.4 Å². The van der Waals surface area contributed by atoms with Crippen molar-refractivity contribution in [3.63, 3.8) is 0 Å². The van der Waals surface area contributed by atoms with Crippen molar-refractivity contribution in [3.05, 3.63) is 47.8 Å². The van der Waals surface area contributed by atoms with Crippen LogP contribution in [0.3, 0.4) is 0 Å². The molecular formula is C13H16FN3O. The highest BCUT2D eigenvalue weighted by molar-refractivity contribution is 5.37. The smallest absolute Gasteiger partial charge is 0.131 e. The van der Waals surface area contributed by atoms with Crippen LogP contribution in [0.15, 0.2) is 30.6 Å². The molecule has 1 unspecified atom stereocenters. The maximum absolute atomic E-state index is 14.0. The molecule has 2 rings (SSSR count). The molecule has 1 atom stereocenters. The average molecular weight is 249 g/mol. The summed E-state index contributed by atoms with van der Waals surface area (Å²) >= 11 is 0. The van der Waals surface area contributed by atoms with Gasteiger partial charge in [0.2, 0.25) is 0 Å². The molecule has 0 bridgehead atoms. The number of aromatic nitrogens is 2. The number of halogens is 1. The molecule has 0 saturated carbocycles. The summed E-state index contributed by atoms with van der Waals surface area (Å²) < 4.78 is 19.2. The van der Waals surface area contributed by atoms with Gasteiger partial charge in [-0.15, -0.1) is 0 Å². The van der Waals surface area contributed by atoms with Crippen molar-refractivity contribution < 1.29 is 9.13 Å². The van der Waals surface area contributed by atoms with Gasteiger partial charge in [0, 0.05) is 30.4 Å². The van der Waals surface area contributed by atoms with Gasteiger partial charge >= 0.3 is 0 Å². The lowest BCUT2D eigenvalue weighted by molar-refractivity contribution is 0.392. The van der Waals surface area contributed by atoms with E-state index in [1.165, 1.54) is 13.2 Å². The molecule has 1 heterocycles. The van der Waals surface area contributed by atoms with Gasteiger partial charge in [-0.2, -0.15) is 0 Å². The molecule has 0 amide bonds. The zero-order valence-corrected chi connectivity index (χ0v) is 10.4. The normalized spacial score (nSPS) is 12.4. The SMILES string of the molecule is CNC(Cc1ncc[nH]1)c1c(F)cccc1OC. The largest absolute Gasteiger partial charge is 0.496 e. The molecule has 0 aliphatic heterocycles. The minimum Gasteiger partial charge on any atom is -0.496 e. The maximum Gasteiger partial charge on any atom is 0.131 e. The minimum absolute atomic E-state index is 0.188. The predicted molar refractivity (Wildman–Crippen MR) is 67.0 cm³/mol. The van der Waals surface area contributed by atoms with E-state index in [4.69, 9.17) is 4.74 Å². The fourth-order valence-corrected chi connectivity index (χ4v) is 1.98. The predicted octanol–water partition coefficient (Wildman–Crippen LogP) is 2.06. The molecule has 0 fully saturated rings. The summed E-state index contributed by atoms with van der Waals surface area (Å²) in [6.45, 7) is 0. The topological polar surface area (TPSA) is 49.9 Å². The lowest BCUT2D eigenvalue weighted by atomic mass is 10.0. The number of benzene rings is 1. The van der Waals surface area contributed by atoms with Crippen LogP contribution in [0.25, 0.3) is 0 Å². The quantitative estimate of drug-likeness (QED) is 0.852. The van der Waals surface area contributed by atoms with Crippen molar-refractivity contribution in [2.75, 3.05) is 14.2 Å². The maximum atomic E-state index is 14.0. The first-order chi connectivity index (χ1) is 8.76. The van der Waals surface area contributed by atoms with E-state index < -0.39 is 0 Å². The van der Waals surface area contributed by atoms with Crippen molar-refractivity contribution in [1.29, 1.82) is 0 Å². The zero-order chi connectivity index (χ0) is 13.0. The summed E-state index contributed by atoms with van der Waals surface area (Å²) in [7, 11) is 3.33. The number of nitrogens with zero attached hydrogens (tertiary/aromatic N) is 1. The number of rotatable bonds is 5. The average Bonchev–Trinajstić information content (AvgIpc) is 2.89. The van der Waals surface area contributed by atoms with Crippen LogP contribution < -0.4 is 10.1 Å². The number of hydrogen-bond donors (Lipinski definition) is 2. The summed E-state index contributed by atoms with van der Waals surface area (Å²) in [5.41, 5.74) is 0.527. The van der Waals surface area contributed by atoms with Gasteiger partial charge in [0.25, 0.3) is 0 Å².